The van der Waals surface area contributed by atoms with Crippen molar-refractivity contribution in [2.45, 2.75) is 37.9 Å². The van der Waals surface area contributed by atoms with Crippen LogP contribution in [-0.4, -0.2) is 42.1 Å². The van der Waals surface area contributed by atoms with Gasteiger partial charge in [-0.15, -0.1) is 0 Å². The number of nitrogens with zero attached hydrogens (tertiary/aromatic N) is 3. The molecule has 0 saturated carbocycles. The highest BCUT2D eigenvalue weighted by Gasteiger charge is 2.34. The van der Waals surface area contributed by atoms with Gasteiger partial charge in [0.25, 0.3) is 0 Å². The molecule has 2 aliphatic heterocycles. The molecule has 1 aromatic rings. The quantitative estimate of drug-likeness (QED) is 0.852. The number of hydrogen-bond acceptors (Lipinski definition) is 4. The van der Waals surface area contributed by atoms with E-state index in [-0.39, 0.29) is 0 Å². The van der Waals surface area contributed by atoms with Crippen LogP contribution < -0.4 is 10.6 Å². The summed E-state index contributed by atoms with van der Waals surface area (Å²) in [4.78, 5) is 9.35. The lowest BCUT2D eigenvalue weighted by Gasteiger charge is -2.27. The Morgan fingerprint density at radius 2 is 2.17 bits per heavy atom. The summed E-state index contributed by atoms with van der Waals surface area (Å²) in [5.41, 5.74) is 7.94. The summed E-state index contributed by atoms with van der Waals surface area (Å²) in [5, 5.41) is 0. The van der Waals surface area contributed by atoms with E-state index in [1.807, 2.05) is 6.20 Å². The number of pyridine rings is 1. The lowest BCUT2D eigenvalue weighted by molar-refractivity contribution is 0.254. The molecule has 0 aliphatic carbocycles. The second-order valence-corrected chi connectivity index (χ2v) is 5.49. The Bertz CT molecular complexity index is 420. The minimum Gasteiger partial charge on any atom is -0.370 e. The maximum atomic E-state index is 5.67. The second kappa shape index (κ2) is 4.86. The number of rotatable bonds is 2. The summed E-state index contributed by atoms with van der Waals surface area (Å²) in [6.45, 7) is 2.81. The fourth-order valence-corrected chi connectivity index (χ4v) is 3.32. The van der Waals surface area contributed by atoms with Gasteiger partial charge < -0.3 is 10.6 Å². The van der Waals surface area contributed by atoms with E-state index in [9.17, 15) is 0 Å². The normalized spacial score (nSPS) is 28.4. The summed E-state index contributed by atoms with van der Waals surface area (Å²) in [7, 11) is 2.28. The van der Waals surface area contributed by atoms with Gasteiger partial charge in [-0.1, -0.05) is 0 Å². The first-order valence-corrected chi connectivity index (χ1v) is 6.90. The number of aromatic nitrogens is 1. The maximum Gasteiger partial charge on any atom is 0.0560 e. The molecule has 2 fully saturated rings. The number of hydrogen-bond donors (Lipinski definition) is 1. The molecule has 3 heterocycles. The molecule has 2 bridgehead atoms. The van der Waals surface area contributed by atoms with Crippen LogP contribution in [0, 0.1) is 0 Å². The van der Waals surface area contributed by atoms with Crippen LogP contribution >= 0.6 is 0 Å². The fourth-order valence-electron chi connectivity index (χ4n) is 3.32. The van der Waals surface area contributed by atoms with Crippen molar-refractivity contribution in [3.05, 3.63) is 24.0 Å². The van der Waals surface area contributed by atoms with Gasteiger partial charge in [0.2, 0.25) is 0 Å². The van der Waals surface area contributed by atoms with Crippen molar-refractivity contribution >= 4 is 5.69 Å². The largest absolute Gasteiger partial charge is 0.370 e. The van der Waals surface area contributed by atoms with Gasteiger partial charge in [-0.2, -0.15) is 0 Å². The van der Waals surface area contributed by atoms with Crippen LogP contribution in [0.1, 0.15) is 25.0 Å². The van der Waals surface area contributed by atoms with Crippen molar-refractivity contribution in [1.82, 2.24) is 9.88 Å². The molecule has 2 atom stereocenters. The van der Waals surface area contributed by atoms with E-state index in [0.29, 0.717) is 12.6 Å². The fraction of sp³-hybridized carbons (Fsp3) is 0.643. The molecule has 98 valence electrons. The highest BCUT2D eigenvalue weighted by atomic mass is 15.3. The van der Waals surface area contributed by atoms with Gasteiger partial charge in [0.05, 0.1) is 5.69 Å². The van der Waals surface area contributed by atoms with Crippen LogP contribution in [-0.2, 0) is 6.54 Å². The van der Waals surface area contributed by atoms with Crippen LogP contribution in [0.5, 0.6) is 0 Å². The SMILES string of the molecule is CN1C2CCC1CN(c1ccnc(CN)c1)CC2. The number of nitrogens with two attached hydrogens (primary N) is 1. The summed E-state index contributed by atoms with van der Waals surface area (Å²) >= 11 is 0. The van der Waals surface area contributed by atoms with Crippen molar-refractivity contribution in [2.75, 3.05) is 25.0 Å². The van der Waals surface area contributed by atoms with Gasteiger partial charge in [-0.3, -0.25) is 9.88 Å². The average molecular weight is 246 g/mol. The Kier molecular flexibility index (Phi) is 3.22. The first kappa shape index (κ1) is 11.9. The number of fused-ring (bicyclic) bond motifs is 2. The maximum absolute atomic E-state index is 5.67. The van der Waals surface area contributed by atoms with Crippen molar-refractivity contribution in [3.63, 3.8) is 0 Å². The molecule has 4 heteroatoms. The third-order valence-corrected chi connectivity index (χ3v) is 4.52. The number of anilines is 1. The van der Waals surface area contributed by atoms with Crippen LogP contribution in [0.15, 0.2) is 18.3 Å². The molecule has 2 N–H and O–H groups in total. The molecule has 2 unspecified atom stereocenters. The molecule has 18 heavy (non-hydrogen) atoms. The van der Waals surface area contributed by atoms with Crippen LogP contribution in [0.2, 0.25) is 0 Å². The van der Waals surface area contributed by atoms with Gasteiger partial charge >= 0.3 is 0 Å². The second-order valence-electron chi connectivity index (χ2n) is 5.49. The van der Waals surface area contributed by atoms with Crippen molar-refractivity contribution in [3.8, 4) is 0 Å². The molecule has 1 aromatic heterocycles. The van der Waals surface area contributed by atoms with E-state index in [1.54, 1.807) is 0 Å². The molecule has 3 rings (SSSR count). The van der Waals surface area contributed by atoms with Crippen LogP contribution in [0.3, 0.4) is 0 Å². The summed E-state index contributed by atoms with van der Waals surface area (Å²) in [6.07, 6.45) is 5.86. The first-order valence-electron chi connectivity index (χ1n) is 6.90. The van der Waals surface area contributed by atoms with Crippen LogP contribution in [0.25, 0.3) is 0 Å². The molecular weight excluding hydrogens is 224 g/mol. The lowest BCUT2D eigenvalue weighted by atomic mass is 10.1. The average Bonchev–Trinajstić information content (AvgIpc) is 2.63. The zero-order valence-electron chi connectivity index (χ0n) is 11.0. The zero-order chi connectivity index (χ0) is 12.5. The molecule has 0 amide bonds. The van der Waals surface area contributed by atoms with Gasteiger partial charge in [-0.25, -0.2) is 0 Å². The van der Waals surface area contributed by atoms with E-state index in [4.69, 9.17) is 5.73 Å². The van der Waals surface area contributed by atoms with E-state index < -0.39 is 0 Å². The molecule has 2 saturated heterocycles. The first-order chi connectivity index (χ1) is 8.78. The molecule has 0 spiro atoms. The summed E-state index contributed by atoms with van der Waals surface area (Å²) in [6, 6.07) is 5.75. The van der Waals surface area contributed by atoms with Gasteiger partial charge in [0, 0.05) is 43.6 Å². The molecule has 0 radical (unpaired) electrons. The highest BCUT2D eigenvalue weighted by Crippen LogP contribution is 2.30. The Morgan fingerprint density at radius 3 is 3.00 bits per heavy atom. The van der Waals surface area contributed by atoms with Gasteiger partial charge in [-0.05, 0) is 38.4 Å². The zero-order valence-corrected chi connectivity index (χ0v) is 11.0. The molecule has 4 nitrogen and oxygen atoms in total. The van der Waals surface area contributed by atoms with Gasteiger partial charge in [0.15, 0.2) is 0 Å². The minimum absolute atomic E-state index is 0.521. The molecular formula is C14H22N4. The van der Waals surface area contributed by atoms with Crippen molar-refractivity contribution < 1.29 is 0 Å². The Labute approximate surface area is 109 Å². The van der Waals surface area contributed by atoms with E-state index in [2.05, 4.69) is 34.0 Å². The lowest BCUT2D eigenvalue weighted by Crippen LogP contribution is -2.36. The Hall–Kier alpha value is -1.13. The van der Waals surface area contributed by atoms with E-state index >= 15 is 0 Å². The predicted molar refractivity (Wildman–Crippen MR) is 73.5 cm³/mol. The smallest absolute Gasteiger partial charge is 0.0560 e. The highest BCUT2D eigenvalue weighted by molar-refractivity contribution is 5.47. The number of likely N-dealkylation sites (N-methyl/N-ethyl adjacent to an activating group) is 1. The minimum atomic E-state index is 0.521. The topological polar surface area (TPSA) is 45.4 Å². The standard InChI is InChI=1S/C14H22N4/c1-17-12-2-3-14(17)10-18(7-5-12)13-4-6-16-11(8-13)9-15/h4,6,8,12,14H,2-3,5,7,9-10,15H2,1H3. The molecule has 2 aliphatic rings. The Balaban J connectivity index is 1.80. The third-order valence-electron chi connectivity index (χ3n) is 4.52. The van der Waals surface area contributed by atoms with Crippen molar-refractivity contribution in [1.29, 1.82) is 0 Å². The van der Waals surface area contributed by atoms with Crippen LogP contribution in [0.4, 0.5) is 5.69 Å². The third kappa shape index (κ3) is 2.10. The monoisotopic (exact) mass is 246 g/mol. The van der Waals surface area contributed by atoms with E-state index in [1.165, 1.54) is 24.9 Å². The summed E-state index contributed by atoms with van der Waals surface area (Å²) < 4.78 is 0. The van der Waals surface area contributed by atoms with Gasteiger partial charge in [0.1, 0.15) is 0 Å². The summed E-state index contributed by atoms with van der Waals surface area (Å²) in [5.74, 6) is 0. The van der Waals surface area contributed by atoms with Crippen molar-refractivity contribution in [2.24, 2.45) is 5.73 Å². The van der Waals surface area contributed by atoms with E-state index in [0.717, 1.165) is 24.8 Å². The molecule has 0 aromatic carbocycles. The Morgan fingerprint density at radius 1 is 1.33 bits per heavy atom. The predicted octanol–water partition coefficient (Wildman–Crippen LogP) is 1.21.